The van der Waals surface area contributed by atoms with Crippen LogP contribution < -0.4 is 0 Å². The predicted octanol–water partition coefficient (Wildman–Crippen LogP) is 3.30. The Morgan fingerprint density at radius 3 is 2.81 bits per heavy atom. The zero-order valence-corrected chi connectivity index (χ0v) is 10.8. The molecule has 2 rings (SSSR count). The molecule has 1 N–H and O–H groups in total. The fraction of sp³-hybridized carbons (Fsp3) is 0.538. The molecule has 1 heterocycles. The molecular weight excluding hydrogens is 268 g/mol. The first kappa shape index (κ1) is 12.1. The van der Waals surface area contributed by atoms with Crippen LogP contribution in [-0.2, 0) is 4.74 Å². The van der Waals surface area contributed by atoms with E-state index in [0.29, 0.717) is 5.92 Å². The van der Waals surface area contributed by atoms with Crippen LogP contribution in [0.4, 0.5) is 0 Å². The second-order valence-corrected chi connectivity index (χ2v) is 5.28. The summed E-state index contributed by atoms with van der Waals surface area (Å²) in [6.45, 7) is 1.69. The zero-order chi connectivity index (χ0) is 11.4. The molecule has 0 spiro atoms. The lowest BCUT2D eigenvalue weighted by atomic mass is 9.91. The van der Waals surface area contributed by atoms with Crippen molar-refractivity contribution in [3.8, 4) is 0 Å². The molecule has 1 aromatic rings. The van der Waals surface area contributed by atoms with Gasteiger partial charge < -0.3 is 9.84 Å². The smallest absolute Gasteiger partial charge is 0.0793 e. The van der Waals surface area contributed by atoms with Crippen LogP contribution in [0.2, 0.25) is 0 Å². The summed E-state index contributed by atoms with van der Waals surface area (Å²) in [4.78, 5) is 0. The van der Waals surface area contributed by atoms with Crippen molar-refractivity contribution in [3.63, 3.8) is 0 Å². The number of hydrogen-bond acceptors (Lipinski definition) is 2. The number of aliphatic hydroxyl groups excluding tert-OH is 1. The van der Waals surface area contributed by atoms with Crippen molar-refractivity contribution in [1.29, 1.82) is 0 Å². The maximum Gasteiger partial charge on any atom is 0.0793 e. The molecule has 0 aromatic heterocycles. The van der Waals surface area contributed by atoms with Crippen molar-refractivity contribution in [2.75, 3.05) is 13.2 Å². The monoisotopic (exact) mass is 284 g/mol. The lowest BCUT2D eigenvalue weighted by Crippen LogP contribution is -2.18. The maximum absolute atomic E-state index is 10.1. The third-order valence-electron chi connectivity index (χ3n) is 3.13. The minimum Gasteiger partial charge on any atom is -0.388 e. The average molecular weight is 285 g/mol. The highest BCUT2D eigenvalue weighted by molar-refractivity contribution is 9.10. The molecule has 2 nitrogen and oxygen atoms in total. The molecule has 1 saturated heterocycles. The molecule has 0 saturated carbocycles. The molecule has 3 heteroatoms. The molecule has 1 fully saturated rings. The normalized spacial score (nSPS) is 19.6. The van der Waals surface area contributed by atoms with Gasteiger partial charge in [-0.3, -0.25) is 0 Å². The van der Waals surface area contributed by atoms with Crippen molar-refractivity contribution in [2.45, 2.75) is 25.4 Å². The van der Waals surface area contributed by atoms with Crippen LogP contribution in [0.15, 0.2) is 28.7 Å². The van der Waals surface area contributed by atoms with Gasteiger partial charge in [-0.2, -0.15) is 0 Å². The van der Waals surface area contributed by atoms with Gasteiger partial charge in [0.2, 0.25) is 0 Å². The van der Waals surface area contributed by atoms with E-state index < -0.39 is 0 Å². The average Bonchev–Trinajstić information content (AvgIpc) is 2.30. The fourth-order valence-electron chi connectivity index (χ4n) is 2.15. The van der Waals surface area contributed by atoms with E-state index in [1.807, 2.05) is 24.3 Å². The molecule has 0 bridgehead atoms. The first-order chi connectivity index (χ1) is 7.75. The third kappa shape index (κ3) is 3.30. The maximum atomic E-state index is 10.1. The number of ether oxygens (including phenoxy) is 1. The molecule has 1 aliphatic heterocycles. The van der Waals surface area contributed by atoms with Crippen molar-refractivity contribution < 1.29 is 9.84 Å². The van der Waals surface area contributed by atoms with E-state index in [9.17, 15) is 5.11 Å². The van der Waals surface area contributed by atoms with E-state index >= 15 is 0 Å². The van der Waals surface area contributed by atoms with Gasteiger partial charge in [0.1, 0.15) is 0 Å². The standard InChI is InChI=1S/C13H17BrO2/c14-12-3-1-2-11(9-12)13(15)8-10-4-6-16-7-5-10/h1-3,9-10,13,15H,4-8H2. The molecule has 0 amide bonds. The van der Waals surface area contributed by atoms with Gasteiger partial charge >= 0.3 is 0 Å². The molecule has 1 aromatic carbocycles. The minimum absolute atomic E-state index is 0.347. The molecule has 1 unspecified atom stereocenters. The highest BCUT2D eigenvalue weighted by atomic mass is 79.9. The number of halogens is 1. The van der Waals surface area contributed by atoms with Crippen molar-refractivity contribution in [2.24, 2.45) is 5.92 Å². The number of rotatable bonds is 3. The summed E-state index contributed by atoms with van der Waals surface area (Å²) in [5.74, 6) is 0.600. The van der Waals surface area contributed by atoms with E-state index in [1.165, 1.54) is 0 Å². The van der Waals surface area contributed by atoms with Crippen LogP contribution in [0.3, 0.4) is 0 Å². The Balaban J connectivity index is 1.94. The summed E-state index contributed by atoms with van der Waals surface area (Å²) in [5, 5.41) is 10.1. The second-order valence-electron chi connectivity index (χ2n) is 4.36. The Morgan fingerprint density at radius 2 is 2.12 bits per heavy atom. The largest absolute Gasteiger partial charge is 0.388 e. The van der Waals surface area contributed by atoms with Gasteiger partial charge in [-0.15, -0.1) is 0 Å². The van der Waals surface area contributed by atoms with E-state index in [1.54, 1.807) is 0 Å². The molecular formula is C13H17BrO2. The molecule has 1 aliphatic rings. The summed E-state index contributed by atoms with van der Waals surface area (Å²) in [5.41, 5.74) is 1.00. The summed E-state index contributed by atoms with van der Waals surface area (Å²) in [7, 11) is 0. The van der Waals surface area contributed by atoms with Gasteiger partial charge in [0.05, 0.1) is 6.10 Å². The summed E-state index contributed by atoms with van der Waals surface area (Å²) >= 11 is 3.42. The van der Waals surface area contributed by atoms with Crippen LogP contribution in [0.1, 0.15) is 30.9 Å². The first-order valence-corrected chi connectivity index (χ1v) is 6.56. The Labute approximate surface area is 105 Å². The zero-order valence-electron chi connectivity index (χ0n) is 9.23. The van der Waals surface area contributed by atoms with Gasteiger partial charge in [0.15, 0.2) is 0 Å². The summed E-state index contributed by atoms with van der Waals surface area (Å²) < 4.78 is 6.34. The summed E-state index contributed by atoms with van der Waals surface area (Å²) in [6, 6.07) is 7.91. The molecule has 0 radical (unpaired) electrons. The number of aliphatic hydroxyl groups is 1. The Kier molecular flexibility index (Phi) is 4.38. The van der Waals surface area contributed by atoms with Gasteiger partial charge in [-0.25, -0.2) is 0 Å². The third-order valence-corrected chi connectivity index (χ3v) is 3.62. The topological polar surface area (TPSA) is 29.5 Å². The van der Waals surface area contributed by atoms with E-state index in [4.69, 9.17) is 4.74 Å². The second kappa shape index (κ2) is 5.80. The van der Waals surface area contributed by atoms with Crippen molar-refractivity contribution in [1.82, 2.24) is 0 Å². The van der Waals surface area contributed by atoms with Gasteiger partial charge in [-0.05, 0) is 42.9 Å². The lowest BCUT2D eigenvalue weighted by molar-refractivity contribution is 0.0435. The van der Waals surface area contributed by atoms with Crippen LogP contribution in [0, 0.1) is 5.92 Å². The van der Waals surface area contributed by atoms with Crippen molar-refractivity contribution >= 4 is 15.9 Å². The van der Waals surface area contributed by atoms with Crippen LogP contribution in [0.25, 0.3) is 0 Å². The van der Waals surface area contributed by atoms with E-state index in [-0.39, 0.29) is 6.10 Å². The predicted molar refractivity (Wildman–Crippen MR) is 67.3 cm³/mol. The Hall–Kier alpha value is -0.380. The van der Waals surface area contributed by atoms with Gasteiger partial charge in [0.25, 0.3) is 0 Å². The minimum atomic E-state index is -0.347. The van der Waals surface area contributed by atoms with E-state index in [0.717, 1.165) is 42.5 Å². The Bertz CT molecular complexity index is 334. The fourth-order valence-corrected chi connectivity index (χ4v) is 2.56. The lowest BCUT2D eigenvalue weighted by Gasteiger charge is -2.24. The molecule has 1 atom stereocenters. The molecule has 16 heavy (non-hydrogen) atoms. The molecule has 0 aliphatic carbocycles. The highest BCUT2D eigenvalue weighted by Crippen LogP contribution is 2.28. The van der Waals surface area contributed by atoms with Gasteiger partial charge in [-0.1, -0.05) is 28.1 Å². The number of benzene rings is 1. The van der Waals surface area contributed by atoms with Crippen molar-refractivity contribution in [3.05, 3.63) is 34.3 Å². The van der Waals surface area contributed by atoms with Crippen LogP contribution in [-0.4, -0.2) is 18.3 Å². The quantitative estimate of drug-likeness (QED) is 0.923. The first-order valence-electron chi connectivity index (χ1n) is 5.77. The van der Waals surface area contributed by atoms with E-state index in [2.05, 4.69) is 15.9 Å². The SMILES string of the molecule is OC(CC1CCOCC1)c1cccc(Br)c1. The van der Waals surface area contributed by atoms with Gasteiger partial charge in [0, 0.05) is 17.7 Å². The Morgan fingerprint density at radius 1 is 1.38 bits per heavy atom. The number of hydrogen-bond donors (Lipinski definition) is 1. The van der Waals surface area contributed by atoms with Crippen LogP contribution >= 0.6 is 15.9 Å². The van der Waals surface area contributed by atoms with Crippen LogP contribution in [0.5, 0.6) is 0 Å². The molecule has 88 valence electrons. The highest BCUT2D eigenvalue weighted by Gasteiger charge is 2.18. The summed E-state index contributed by atoms with van der Waals surface area (Å²) in [6.07, 6.45) is 2.65.